The first-order valence-electron chi connectivity index (χ1n) is 11.6. The molecule has 0 spiro atoms. The Morgan fingerprint density at radius 2 is 1.87 bits per heavy atom. The van der Waals surface area contributed by atoms with Crippen LogP contribution in [-0.4, -0.2) is 61.9 Å². The minimum absolute atomic E-state index is 0.0975. The van der Waals surface area contributed by atoms with E-state index in [0.29, 0.717) is 18.4 Å². The Balaban J connectivity index is 1.38. The first-order valence-corrected chi connectivity index (χ1v) is 12.4. The third-order valence-corrected chi connectivity index (χ3v) is 7.88. The first-order chi connectivity index (χ1) is 14.8. The summed E-state index contributed by atoms with van der Waals surface area (Å²) in [5, 5.41) is 0. The van der Waals surface area contributed by atoms with Gasteiger partial charge in [-0.2, -0.15) is 13.2 Å². The van der Waals surface area contributed by atoms with Gasteiger partial charge in [-0.1, -0.05) is 22.9 Å². The molecule has 0 aromatic heterocycles. The van der Waals surface area contributed by atoms with Gasteiger partial charge < -0.3 is 9.64 Å². The zero-order valence-corrected chi connectivity index (χ0v) is 20.3. The number of hydrogen-bond acceptors (Lipinski definition) is 3. The van der Waals surface area contributed by atoms with E-state index in [4.69, 9.17) is 4.74 Å². The Morgan fingerprint density at radius 3 is 2.52 bits per heavy atom. The Hall–Kier alpha value is -0.790. The van der Waals surface area contributed by atoms with Crippen molar-refractivity contribution in [1.82, 2.24) is 9.80 Å². The number of alkyl halides is 3. The van der Waals surface area contributed by atoms with Gasteiger partial charge in [0.05, 0.1) is 13.7 Å². The van der Waals surface area contributed by atoms with Crippen molar-refractivity contribution in [3.8, 4) is 5.75 Å². The second-order valence-electron chi connectivity index (χ2n) is 9.26. The van der Waals surface area contributed by atoms with E-state index < -0.39 is 12.7 Å². The SMILES string of the molecule is CCN(CC(F)(F)F)C1CCC(CCN2CCC(Cc3cc(OC)ccc3Br)C2)CC1. The summed E-state index contributed by atoms with van der Waals surface area (Å²) >= 11 is 3.67. The molecule has 31 heavy (non-hydrogen) atoms. The molecule has 1 aliphatic heterocycles. The van der Waals surface area contributed by atoms with Crippen LogP contribution >= 0.6 is 15.9 Å². The lowest BCUT2D eigenvalue weighted by atomic mass is 9.83. The van der Waals surface area contributed by atoms with E-state index in [0.717, 1.165) is 62.0 Å². The van der Waals surface area contributed by atoms with Gasteiger partial charge in [-0.3, -0.25) is 4.90 Å². The first kappa shape index (κ1) is 24.8. The largest absolute Gasteiger partial charge is 0.497 e. The average molecular weight is 505 g/mol. The molecule has 3 rings (SSSR count). The van der Waals surface area contributed by atoms with E-state index in [2.05, 4.69) is 33.0 Å². The third-order valence-electron chi connectivity index (χ3n) is 7.11. The Morgan fingerprint density at radius 1 is 1.13 bits per heavy atom. The van der Waals surface area contributed by atoms with Gasteiger partial charge in [-0.15, -0.1) is 0 Å². The minimum atomic E-state index is -4.10. The zero-order valence-electron chi connectivity index (χ0n) is 18.8. The maximum Gasteiger partial charge on any atom is 0.401 e. The second-order valence-corrected chi connectivity index (χ2v) is 10.1. The summed E-state index contributed by atoms with van der Waals surface area (Å²) in [4.78, 5) is 4.20. The molecular weight excluding hydrogens is 469 g/mol. The van der Waals surface area contributed by atoms with Crippen molar-refractivity contribution in [3.63, 3.8) is 0 Å². The van der Waals surface area contributed by atoms with Crippen LogP contribution in [-0.2, 0) is 6.42 Å². The summed E-state index contributed by atoms with van der Waals surface area (Å²) in [5.41, 5.74) is 1.31. The molecule has 0 N–H and O–H groups in total. The molecule has 1 saturated heterocycles. The van der Waals surface area contributed by atoms with Crippen molar-refractivity contribution in [2.45, 2.75) is 64.1 Å². The number of halogens is 4. The van der Waals surface area contributed by atoms with Gasteiger partial charge in [0.1, 0.15) is 5.75 Å². The molecule has 1 unspecified atom stereocenters. The monoisotopic (exact) mass is 504 g/mol. The van der Waals surface area contributed by atoms with Crippen LogP contribution in [0.25, 0.3) is 0 Å². The van der Waals surface area contributed by atoms with Crippen molar-refractivity contribution in [2.24, 2.45) is 11.8 Å². The number of methoxy groups -OCH3 is 1. The fourth-order valence-corrected chi connectivity index (χ4v) is 5.73. The summed E-state index contributed by atoms with van der Waals surface area (Å²) in [7, 11) is 1.70. The summed E-state index contributed by atoms with van der Waals surface area (Å²) < 4.78 is 44.9. The summed E-state index contributed by atoms with van der Waals surface area (Å²) in [6, 6.07) is 6.27. The molecule has 2 aliphatic rings. The van der Waals surface area contributed by atoms with Crippen LogP contribution < -0.4 is 4.74 Å². The number of likely N-dealkylation sites (tertiary alicyclic amines) is 1. The Bertz CT molecular complexity index is 692. The number of benzene rings is 1. The summed E-state index contributed by atoms with van der Waals surface area (Å²) in [5.74, 6) is 2.23. The molecular formula is C24H36BrF3N2O. The van der Waals surface area contributed by atoms with E-state index >= 15 is 0 Å². The van der Waals surface area contributed by atoms with Gasteiger partial charge in [-0.05, 0) is 100 Å². The van der Waals surface area contributed by atoms with Gasteiger partial charge >= 0.3 is 6.18 Å². The van der Waals surface area contributed by atoms with E-state index in [9.17, 15) is 13.2 Å². The normalized spacial score (nSPS) is 25.3. The molecule has 1 atom stereocenters. The number of hydrogen-bond donors (Lipinski definition) is 0. The van der Waals surface area contributed by atoms with Gasteiger partial charge in [0.25, 0.3) is 0 Å². The van der Waals surface area contributed by atoms with E-state index in [1.54, 1.807) is 12.0 Å². The predicted molar refractivity (Wildman–Crippen MR) is 123 cm³/mol. The molecule has 0 amide bonds. The van der Waals surface area contributed by atoms with Crippen LogP contribution in [0.15, 0.2) is 22.7 Å². The lowest BCUT2D eigenvalue weighted by molar-refractivity contribution is -0.152. The summed E-state index contributed by atoms with van der Waals surface area (Å²) in [6.07, 6.45) is 3.29. The Kier molecular flexibility index (Phi) is 9.11. The molecule has 2 fully saturated rings. The molecule has 0 radical (unpaired) electrons. The lowest BCUT2D eigenvalue weighted by Gasteiger charge is -2.37. The van der Waals surface area contributed by atoms with Crippen LogP contribution in [0.2, 0.25) is 0 Å². The smallest absolute Gasteiger partial charge is 0.401 e. The number of ether oxygens (including phenoxy) is 1. The van der Waals surface area contributed by atoms with Gasteiger partial charge in [-0.25, -0.2) is 0 Å². The molecule has 3 nitrogen and oxygen atoms in total. The average Bonchev–Trinajstić information content (AvgIpc) is 3.19. The number of nitrogens with zero attached hydrogens (tertiary/aromatic N) is 2. The quantitative estimate of drug-likeness (QED) is 0.400. The van der Waals surface area contributed by atoms with E-state index in [-0.39, 0.29) is 6.04 Å². The Labute approximate surface area is 193 Å². The van der Waals surface area contributed by atoms with Crippen molar-refractivity contribution < 1.29 is 17.9 Å². The summed E-state index contributed by atoms with van der Waals surface area (Å²) in [6.45, 7) is 4.95. The van der Waals surface area contributed by atoms with Crippen LogP contribution in [0.5, 0.6) is 5.75 Å². The standard InChI is InChI=1S/C24H36BrF3N2O/c1-3-30(17-24(26,27)28)21-6-4-18(5-7-21)10-12-29-13-11-19(16-29)14-20-15-22(31-2)8-9-23(20)25/h8-9,15,18-19,21H,3-7,10-14,16-17H2,1-2H3. The molecule has 176 valence electrons. The highest BCUT2D eigenvalue weighted by molar-refractivity contribution is 9.10. The van der Waals surface area contributed by atoms with Crippen molar-refractivity contribution in [2.75, 3.05) is 39.8 Å². The second kappa shape index (κ2) is 11.4. The highest BCUT2D eigenvalue weighted by Gasteiger charge is 2.34. The van der Waals surface area contributed by atoms with Crippen molar-refractivity contribution in [1.29, 1.82) is 0 Å². The number of rotatable bonds is 9. The third kappa shape index (κ3) is 7.64. The highest BCUT2D eigenvalue weighted by Crippen LogP contribution is 2.33. The highest BCUT2D eigenvalue weighted by atomic mass is 79.9. The van der Waals surface area contributed by atoms with Crippen molar-refractivity contribution >= 4 is 15.9 Å². The van der Waals surface area contributed by atoms with Crippen LogP contribution in [0.1, 0.15) is 51.0 Å². The maximum atomic E-state index is 12.8. The zero-order chi connectivity index (χ0) is 22.4. The van der Waals surface area contributed by atoms with E-state index in [1.165, 1.54) is 18.4 Å². The van der Waals surface area contributed by atoms with Gasteiger partial charge in [0.15, 0.2) is 0 Å². The van der Waals surface area contributed by atoms with Crippen LogP contribution in [0.3, 0.4) is 0 Å². The van der Waals surface area contributed by atoms with E-state index in [1.807, 2.05) is 13.0 Å². The fourth-order valence-electron chi connectivity index (χ4n) is 5.32. The molecule has 7 heteroatoms. The molecule has 1 heterocycles. The molecule has 1 aliphatic carbocycles. The molecule has 0 bridgehead atoms. The molecule has 1 saturated carbocycles. The fraction of sp³-hybridized carbons (Fsp3) is 0.750. The van der Waals surface area contributed by atoms with Gasteiger partial charge in [0.2, 0.25) is 0 Å². The lowest BCUT2D eigenvalue weighted by Crippen LogP contribution is -2.43. The topological polar surface area (TPSA) is 15.7 Å². The predicted octanol–water partition coefficient (Wildman–Crippen LogP) is 6.16. The van der Waals surface area contributed by atoms with Crippen LogP contribution in [0, 0.1) is 11.8 Å². The minimum Gasteiger partial charge on any atom is -0.497 e. The molecule has 1 aromatic rings. The van der Waals surface area contributed by atoms with Crippen LogP contribution in [0.4, 0.5) is 13.2 Å². The van der Waals surface area contributed by atoms with Crippen molar-refractivity contribution in [3.05, 3.63) is 28.2 Å². The van der Waals surface area contributed by atoms with Gasteiger partial charge in [0, 0.05) is 17.1 Å². The molecule has 1 aromatic carbocycles. The maximum absolute atomic E-state index is 12.8.